The predicted octanol–water partition coefficient (Wildman–Crippen LogP) is 5.17. The number of fused-ring (bicyclic) bond motifs is 1. The van der Waals surface area contributed by atoms with E-state index in [2.05, 4.69) is 48.5 Å². The number of hydrogen-bond acceptors (Lipinski definition) is 3. The molecule has 1 aliphatic heterocycles. The highest BCUT2D eigenvalue weighted by molar-refractivity contribution is 7.99. The van der Waals surface area contributed by atoms with Gasteiger partial charge in [-0.3, -0.25) is 9.59 Å². The van der Waals surface area contributed by atoms with Crippen LogP contribution >= 0.6 is 23.4 Å². The van der Waals surface area contributed by atoms with Crippen LogP contribution in [0.3, 0.4) is 0 Å². The quantitative estimate of drug-likeness (QED) is 0.486. The number of nitrogens with zero attached hydrogens (tertiary/aromatic N) is 3. The third-order valence-corrected chi connectivity index (χ3v) is 7.41. The number of hydrogen-bond donors (Lipinski definition) is 0. The molecule has 1 aromatic heterocycles. The number of halogens is 1. The van der Waals surface area contributed by atoms with E-state index in [0.29, 0.717) is 42.3 Å². The van der Waals surface area contributed by atoms with Crippen LogP contribution in [0.2, 0.25) is 5.02 Å². The average Bonchev–Trinajstić information content (AvgIpc) is 3.23. The minimum absolute atomic E-state index is 0.0395. The van der Waals surface area contributed by atoms with Gasteiger partial charge in [-0.1, -0.05) is 48.1 Å². The molecule has 0 N–H and O–H groups in total. The van der Waals surface area contributed by atoms with Crippen LogP contribution in [-0.2, 0) is 16.1 Å². The number of benzene rings is 2. The van der Waals surface area contributed by atoms with Crippen LogP contribution in [0.4, 0.5) is 0 Å². The van der Waals surface area contributed by atoms with Gasteiger partial charge in [0.1, 0.15) is 0 Å². The summed E-state index contributed by atoms with van der Waals surface area (Å²) >= 11 is 8.25. The van der Waals surface area contributed by atoms with E-state index in [4.69, 9.17) is 11.6 Å². The average molecular weight is 468 g/mol. The normalized spacial score (nSPS) is 14.1. The van der Waals surface area contributed by atoms with Gasteiger partial charge in [0.25, 0.3) is 5.91 Å². The molecule has 4 rings (SSSR count). The summed E-state index contributed by atoms with van der Waals surface area (Å²) in [6, 6.07) is 14.1. The molecule has 0 radical (unpaired) electrons. The van der Waals surface area contributed by atoms with Crippen molar-refractivity contribution >= 4 is 51.7 Å². The van der Waals surface area contributed by atoms with Crippen LogP contribution in [0.1, 0.15) is 19.4 Å². The van der Waals surface area contributed by atoms with E-state index in [1.54, 1.807) is 28.5 Å². The topological polar surface area (TPSA) is 45.6 Å². The molecule has 0 spiro atoms. The first kappa shape index (κ1) is 22.5. The van der Waals surface area contributed by atoms with E-state index in [-0.39, 0.29) is 11.8 Å². The zero-order valence-corrected chi connectivity index (χ0v) is 19.9. The molecule has 32 heavy (non-hydrogen) atoms. The Morgan fingerprint density at radius 2 is 1.75 bits per heavy atom. The first-order valence-corrected chi connectivity index (χ1v) is 11.9. The van der Waals surface area contributed by atoms with Gasteiger partial charge >= 0.3 is 0 Å². The van der Waals surface area contributed by atoms with Gasteiger partial charge in [0, 0.05) is 66.6 Å². The van der Waals surface area contributed by atoms with Crippen LogP contribution in [0.5, 0.6) is 0 Å². The molecule has 1 fully saturated rings. The zero-order chi connectivity index (χ0) is 22.8. The maximum atomic E-state index is 12.9. The molecular formula is C25H26ClN3O2S. The lowest BCUT2D eigenvalue weighted by Gasteiger charge is -2.34. The molecule has 1 saturated heterocycles. The number of aryl methyl sites for hydroxylation is 1. The van der Waals surface area contributed by atoms with Crippen molar-refractivity contribution in [3.63, 3.8) is 0 Å². The highest BCUT2D eigenvalue weighted by Crippen LogP contribution is 2.38. The van der Waals surface area contributed by atoms with Crippen molar-refractivity contribution < 1.29 is 9.59 Å². The molecular weight excluding hydrogens is 442 g/mol. The molecule has 0 unspecified atom stereocenters. The number of carbonyl (C=O) groups is 2. The van der Waals surface area contributed by atoms with E-state index in [0.717, 1.165) is 16.3 Å². The van der Waals surface area contributed by atoms with Gasteiger partial charge in [-0.25, -0.2) is 0 Å². The van der Waals surface area contributed by atoms with Crippen molar-refractivity contribution in [2.24, 2.45) is 0 Å². The molecule has 2 heterocycles. The number of para-hydroxylation sites is 1. The Balaban J connectivity index is 1.50. The second kappa shape index (κ2) is 9.43. The lowest BCUT2D eigenvalue weighted by atomic mass is 10.1. The van der Waals surface area contributed by atoms with Crippen molar-refractivity contribution in [2.45, 2.75) is 30.2 Å². The molecule has 2 aromatic carbocycles. The Bertz CT molecular complexity index is 1200. The van der Waals surface area contributed by atoms with Crippen molar-refractivity contribution in [1.29, 1.82) is 0 Å². The molecule has 1 aliphatic rings. The van der Waals surface area contributed by atoms with Gasteiger partial charge in [0.2, 0.25) is 5.91 Å². The van der Waals surface area contributed by atoms with Crippen LogP contribution in [-0.4, -0.2) is 52.4 Å². The van der Waals surface area contributed by atoms with Gasteiger partial charge in [-0.05, 0) is 36.8 Å². The minimum atomic E-state index is -0.116. The van der Waals surface area contributed by atoms with Gasteiger partial charge < -0.3 is 14.4 Å². The summed E-state index contributed by atoms with van der Waals surface area (Å²) in [5, 5.41) is 1.79. The number of aromatic nitrogens is 1. The smallest absolute Gasteiger partial charge is 0.253 e. The number of rotatable bonds is 5. The molecule has 7 heteroatoms. The van der Waals surface area contributed by atoms with E-state index in [9.17, 15) is 9.59 Å². The fourth-order valence-corrected chi connectivity index (χ4v) is 5.30. The second-order valence-electron chi connectivity index (χ2n) is 7.82. The summed E-state index contributed by atoms with van der Waals surface area (Å²) in [4.78, 5) is 30.0. The summed E-state index contributed by atoms with van der Waals surface area (Å²) in [6.07, 6.45) is 2.10. The fraction of sp³-hybridized carbons (Fsp3) is 0.280. The Morgan fingerprint density at radius 1 is 1.03 bits per heavy atom. The summed E-state index contributed by atoms with van der Waals surface area (Å²) in [6.45, 7) is 10.7. The van der Waals surface area contributed by atoms with Gasteiger partial charge in [0.15, 0.2) is 0 Å². The van der Waals surface area contributed by atoms with Crippen LogP contribution in [0, 0.1) is 0 Å². The zero-order valence-electron chi connectivity index (χ0n) is 18.3. The van der Waals surface area contributed by atoms with Gasteiger partial charge in [-0.15, -0.1) is 0 Å². The SMILES string of the molecule is C=C(C(=O)N1CCN(C(C)=O)CC1)c1ccc(Sc2cccc3ccn(CC)c23)c(Cl)c1. The summed E-state index contributed by atoms with van der Waals surface area (Å²) < 4.78 is 2.23. The molecule has 2 amide bonds. The molecule has 0 atom stereocenters. The van der Waals surface area contributed by atoms with E-state index in [1.807, 2.05) is 18.2 Å². The summed E-state index contributed by atoms with van der Waals surface area (Å²) in [5.74, 6) is -0.0760. The molecule has 0 bridgehead atoms. The second-order valence-corrected chi connectivity index (χ2v) is 9.31. The van der Waals surface area contributed by atoms with Crippen LogP contribution in [0.25, 0.3) is 16.5 Å². The molecule has 5 nitrogen and oxygen atoms in total. The number of amides is 2. The standard InChI is InChI=1S/C25H26ClN3O2S/c1-4-27-11-10-19-6-5-7-23(24(19)27)32-22-9-8-20(16-21(22)26)17(2)25(31)29-14-12-28(13-15-29)18(3)30/h5-11,16H,2,4,12-15H2,1,3H3. The third kappa shape index (κ3) is 4.43. The largest absolute Gasteiger partial charge is 0.347 e. The van der Waals surface area contributed by atoms with Crippen molar-refractivity contribution in [2.75, 3.05) is 26.2 Å². The lowest BCUT2D eigenvalue weighted by molar-refractivity contribution is -0.135. The Kier molecular flexibility index (Phi) is 6.63. The highest BCUT2D eigenvalue weighted by Gasteiger charge is 2.24. The van der Waals surface area contributed by atoms with Gasteiger partial charge in [-0.2, -0.15) is 0 Å². The highest BCUT2D eigenvalue weighted by atomic mass is 35.5. The Hall–Kier alpha value is -2.70. The van der Waals surface area contributed by atoms with Crippen molar-refractivity contribution in [3.8, 4) is 0 Å². The molecule has 0 aliphatic carbocycles. The first-order chi connectivity index (χ1) is 15.4. The predicted molar refractivity (Wildman–Crippen MR) is 131 cm³/mol. The van der Waals surface area contributed by atoms with E-state index >= 15 is 0 Å². The first-order valence-electron chi connectivity index (χ1n) is 10.7. The van der Waals surface area contributed by atoms with Crippen LogP contribution in [0.15, 0.2) is 65.0 Å². The monoisotopic (exact) mass is 467 g/mol. The summed E-state index contributed by atoms with van der Waals surface area (Å²) in [5.41, 5.74) is 2.33. The molecule has 0 saturated carbocycles. The maximum Gasteiger partial charge on any atom is 0.253 e. The maximum absolute atomic E-state index is 12.9. The van der Waals surface area contributed by atoms with E-state index < -0.39 is 0 Å². The lowest BCUT2D eigenvalue weighted by Crippen LogP contribution is -2.50. The molecule has 166 valence electrons. The Morgan fingerprint density at radius 3 is 2.41 bits per heavy atom. The van der Waals surface area contributed by atoms with Crippen molar-refractivity contribution in [3.05, 3.63) is 65.8 Å². The molecule has 3 aromatic rings. The summed E-state index contributed by atoms with van der Waals surface area (Å²) in [7, 11) is 0. The third-order valence-electron chi connectivity index (χ3n) is 5.86. The van der Waals surface area contributed by atoms with Crippen LogP contribution < -0.4 is 0 Å². The Labute approximate surface area is 197 Å². The minimum Gasteiger partial charge on any atom is -0.347 e. The number of piperazine rings is 1. The van der Waals surface area contributed by atoms with Crippen molar-refractivity contribution in [1.82, 2.24) is 14.4 Å². The fourth-order valence-electron chi connectivity index (χ4n) is 4.00. The number of carbonyl (C=O) groups excluding carboxylic acids is 2. The van der Waals surface area contributed by atoms with Gasteiger partial charge in [0.05, 0.1) is 10.5 Å². The van der Waals surface area contributed by atoms with E-state index in [1.165, 1.54) is 10.9 Å².